The van der Waals surface area contributed by atoms with Crippen molar-refractivity contribution >= 4 is 0 Å². The molecule has 3 atom stereocenters. The monoisotopic (exact) mass is 221 g/mol. The van der Waals surface area contributed by atoms with Gasteiger partial charge in [-0.3, -0.25) is 0 Å². The Kier molecular flexibility index (Phi) is 2.28. The van der Waals surface area contributed by atoms with Crippen LogP contribution in [0.25, 0.3) is 0 Å². The van der Waals surface area contributed by atoms with Crippen molar-refractivity contribution in [2.45, 2.75) is 51.0 Å². The topological polar surface area (TPSA) is 51.0 Å². The van der Waals surface area contributed by atoms with E-state index in [4.69, 9.17) is 4.52 Å². The molecule has 0 spiro atoms. The summed E-state index contributed by atoms with van der Waals surface area (Å²) in [6.07, 6.45) is 4.79. The molecule has 3 unspecified atom stereocenters. The Hall–Kier alpha value is -0.900. The summed E-state index contributed by atoms with van der Waals surface area (Å²) in [6, 6.07) is 0. The molecule has 2 aliphatic rings. The lowest BCUT2D eigenvalue weighted by Crippen LogP contribution is -2.43. The van der Waals surface area contributed by atoms with Crippen molar-refractivity contribution in [3.8, 4) is 0 Å². The van der Waals surface area contributed by atoms with Crippen molar-refractivity contribution in [1.29, 1.82) is 0 Å². The Morgan fingerprint density at radius 3 is 2.88 bits per heavy atom. The van der Waals surface area contributed by atoms with Crippen LogP contribution in [0, 0.1) is 5.92 Å². The zero-order valence-corrected chi connectivity index (χ0v) is 9.99. The van der Waals surface area contributed by atoms with Crippen LogP contribution in [0.3, 0.4) is 0 Å². The van der Waals surface area contributed by atoms with Gasteiger partial charge in [-0.15, -0.1) is 0 Å². The lowest BCUT2D eigenvalue weighted by atomic mass is 9.91. The van der Waals surface area contributed by atoms with E-state index in [0.717, 1.165) is 30.6 Å². The van der Waals surface area contributed by atoms with E-state index >= 15 is 0 Å². The quantitative estimate of drug-likeness (QED) is 0.831. The highest BCUT2D eigenvalue weighted by Gasteiger charge is 2.40. The van der Waals surface area contributed by atoms with Gasteiger partial charge in [0.25, 0.3) is 0 Å². The fourth-order valence-corrected chi connectivity index (χ4v) is 2.53. The molecule has 4 nitrogen and oxygen atoms in total. The highest BCUT2D eigenvalue weighted by Crippen LogP contribution is 2.46. The number of rotatable bonds is 2. The van der Waals surface area contributed by atoms with Gasteiger partial charge in [-0.05, 0) is 45.1 Å². The van der Waals surface area contributed by atoms with E-state index in [9.17, 15) is 0 Å². The highest BCUT2D eigenvalue weighted by atomic mass is 16.5. The van der Waals surface area contributed by atoms with Gasteiger partial charge in [0, 0.05) is 5.92 Å². The molecule has 0 bridgehead atoms. The minimum Gasteiger partial charge on any atom is -0.337 e. The van der Waals surface area contributed by atoms with Crippen molar-refractivity contribution in [2.75, 3.05) is 6.54 Å². The molecule has 1 saturated carbocycles. The van der Waals surface area contributed by atoms with E-state index < -0.39 is 0 Å². The summed E-state index contributed by atoms with van der Waals surface area (Å²) in [4.78, 5) is 4.58. The molecule has 1 saturated heterocycles. The zero-order valence-electron chi connectivity index (χ0n) is 9.99. The van der Waals surface area contributed by atoms with Gasteiger partial charge in [0.1, 0.15) is 0 Å². The van der Waals surface area contributed by atoms with Crippen molar-refractivity contribution in [3.63, 3.8) is 0 Å². The third kappa shape index (κ3) is 1.65. The maximum atomic E-state index is 5.43. The Morgan fingerprint density at radius 2 is 2.25 bits per heavy atom. The van der Waals surface area contributed by atoms with E-state index in [1.54, 1.807) is 0 Å². The number of nitrogens with one attached hydrogen (secondary N) is 1. The summed E-state index contributed by atoms with van der Waals surface area (Å²) in [6.45, 7) is 5.45. The Morgan fingerprint density at radius 1 is 1.44 bits per heavy atom. The van der Waals surface area contributed by atoms with Gasteiger partial charge in [0.05, 0.1) is 5.54 Å². The van der Waals surface area contributed by atoms with Crippen LogP contribution in [0.5, 0.6) is 0 Å². The molecule has 88 valence electrons. The van der Waals surface area contributed by atoms with Crippen molar-refractivity contribution < 1.29 is 4.52 Å². The largest absolute Gasteiger partial charge is 0.337 e. The smallest absolute Gasteiger partial charge is 0.246 e. The van der Waals surface area contributed by atoms with Crippen LogP contribution in [0.15, 0.2) is 4.52 Å². The molecule has 1 N–H and O–H groups in total. The van der Waals surface area contributed by atoms with Gasteiger partial charge in [-0.25, -0.2) is 0 Å². The van der Waals surface area contributed by atoms with Crippen LogP contribution in [-0.2, 0) is 5.54 Å². The van der Waals surface area contributed by atoms with Gasteiger partial charge < -0.3 is 9.84 Å². The maximum Gasteiger partial charge on any atom is 0.246 e. The first kappa shape index (κ1) is 10.3. The van der Waals surface area contributed by atoms with Gasteiger partial charge in [-0.1, -0.05) is 12.1 Å². The third-order valence-corrected chi connectivity index (χ3v) is 3.97. The number of hydrogen-bond donors (Lipinski definition) is 1. The second kappa shape index (κ2) is 3.55. The molecule has 1 aromatic heterocycles. The normalized spacial score (nSPS) is 38.6. The lowest BCUT2D eigenvalue weighted by Gasteiger charge is -2.31. The molecule has 2 heterocycles. The molecule has 0 amide bonds. The summed E-state index contributed by atoms with van der Waals surface area (Å²) < 4.78 is 5.43. The van der Waals surface area contributed by atoms with Gasteiger partial charge in [0.2, 0.25) is 5.89 Å². The van der Waals surface area contributed by atoms with Crippen LogP contribution in [-0.4, -0.2) is 16.7 Å². The average Bonchev–Trinajstić information content (AvgIpc) is 2.82. The first-order valence-electron chi connectivity index (χ1n) is 6.28. The van der Waals surface area contributed by atoms with E-state index in [-0.39, 0.29) is 5.54 Å². The van der Waals surface area contributed by atoms with Crippen LogP contribution >= 0.6 is 0 Å². The zero-order chi connectivity index (χ0) is 11.2. The predicted molar refractivity (Wildman–Crippen MR) is 60.0 cm³/mol. The van der Waals surface area contributed by atoms with E-state index in [2.05, 4.69) is 29.3 Å². The van der Waals surface area contributed by atoms with Crippen LogP contribution in [0.4, 0.5) is 0 Å². The van der Waals surface area contributed by atoms with E-state index in [1.807, 2.05) is 0 Å². The van der Waals surface area contributed by atoms with Crippen LogP contribution < -0.4 is 5.32 Å². The highest BCUT2D eigenvalue weighted by molar-refractivity contribution is 5.11. The molecule has 2 fully saturated rings. The van der Waals surface area contributed by atoms with E-state index in [1.165, 1.54) is 19.3 Å². The summed E-state index contributed by atoms with van der Waals surface area (Å²) in [7, 11) is 0. The first-order valence-corrected chi connectivity index (χ1v) is 6.28. The fraction of sp³-hybridized carbons (Fsp3) is 0.833. The van der Waals surface area contributed by atoms with Gasteiger partial charge in [-0.2, -0.15) is 4.98 Å². The van der Waals surface area contributed by atoms with Crippen molar-refractivity contribution in [1.82, 2.24) is 15.5 Å². The standard InChI is InChI=1S/C12H19N3O/c1-8-7-9(8)10-14-11(16-15-10)12(2)5-3-4-6-13-12/h8-9,13H,3-7H2,1-2H3. The molecule has 1 aliphatic carbocycles. The Balaban J connectivity index is 1.80. The molecule has 3 rings (SSSR count). The number of nitrogens with zero attached hydrogens (tertiary/aromatic N) is 2. The van der Waals surface area contributed by atoms with Gasteiger partial charge >= 0.3 is 0 Å². The lowest BCUT2D eigenvalue weighted by molar-refractivity contribution is 0.206. The number of piperidine rings is 1. The summed E-state index contributed by atoms with van der Waals surface area (Å²) >= 11 is 0. The Bertz CT molecular complexity index is 381. The molecular formula is C12H19N3O. The number of hydrogen-bond acceptors (Lipinski definition) is 4. The third-order valence-electron chi connectivity index (χ3n) is 3.97. The molecular weight excluding hydrogens is 202 g/mol. The molecule has 16 heavy (non-hydrogen) atoms. The molecule has 4 heteroatoms. The average molecular weight is 221 g/mol. The summed E-state index contributed by atoms with van der Waals surface area (Å²) in [5.41, 5.74) is -0.0956. The minimum atomic E-state index is -0.0956. The minimum absolute atomic E-state index is 0.0956. The van der Waals surface area contributed by atoms with Crippen molar-refractivity contribution in [3.05, 3.63) is 11.7 Å². The second-order valence-electron chi connectivity index (χ2n) is 5.49. The van der Waals surface area contributed by atoms with E-state index in [0.29, 0.717) is 5.92 Å². The van der Waals surface area contributed by atoms with Crippen molar-refractivity contribution in [2.24, 2.45) is 5.92 Å². The first-order chi connectivity index (χ1) is 7.69. The summed E-state index contributed by atoms with van der Waals surface area (Å²) in [5, 5.41) is 7.62. The SMILES string of the molecule is CC1CC1c1noc(C2(C)CCCCN2)n1. The van der Waals surface area contributed by atoms with Gasteiger partial charge in [0.15, 0.2) is 5.82 Å². The maximum absolute atomic E-state index is 5.43. The Labute approximate surface area is 95.8 Å². The van der Waals surface area contributed by atoms with Crippen LogP contribution in [0.2, 0.25) is 0 Å². The number of aromatic nitrogens is 2. The molecule has 0 aromatic carbocycles. The molecule has 1 aliphatic heterocycles. The predicted octanol–water partition coefficient (Wildman–Crippen LogP) is 2.18. The van der Waals surface area contributed by atoms with Crippen LogP contribution in [0.1, 0.15) is 57.2 Å². The fourth-order valence-electron chi connectivity index (χ4n) is 2.53. The molecule has 0 radical (unpaired) electrons. The molecule has 1 aromatic rings. The summed E-state index contributed by atoms with van der Waals surface area (Å²) in [5.74, 6) is 2.97. The second-order valence-corrected chi connectivity index (χ2v) is 5.49.